The van der Waals surface area contributed by atoms with Crippen molar-refractivity contribution in [3.8, 4) is 67.3 Å². The van der Waals surface area contributed by atoms with Gasteiger partial charge in [0.2, 0.25) is 0 Å². The molecule has 0 radical (unpaired) electrons. The average Bonchev–Trinajstić information content (AvgIpc) is 3.71. The van der Waals surface area contributed by atoms with E-state index in [1.165, 1.54) is 0 Å². The summed E-state index contributed by atoms with van der Waals surface area (Å²) in [5, 5.41) is 0. The van der Waals surface area contributed by atoms with Crippen molar-refractivity contribution < 1.29 is 0 Å². The summed E-state index contributed by atoms with van der Waals surface area (Å²) in [6.45, 7) is 0. The Morgan fingerprint density at radius 3 is 1.26 bits per heavy atom. The summed E-state index contributed by atoms with van der Waals surface area (Å²) in [6, 6.07) is 78.8. The van der Waals surface area contributed by atoms with E-state index >= 15 is 0 Å². The van der Waals surface area contributed by atoms with Crippen LogP contribution in [0.1, 0.15) is 0 Å². The van der Waals surface area contributed by atoms with E-state index in [0.29, 0.717) is 0 Å². The van der Waals surface area contributed by atoms with Crippen LogP contribution in [0.2, 0.25) is 0 Å². The number of rotatable bonds is 9. The van der Waals surface area contributed by atoms with Crippen molar-refractivity contribution in [1.29, 1.82) is 0 Å². The smallest absolute Gasteiger partial charge is 0.137 e. The quantitative estimate of drug-likeness (QED) is 0.148. The maximum absolute atomic E-state index is 5.09. The zero-order valence-corrected chi connectivity index (χ0v) is 31.7. The Hall–Kier alpha value is -7.82. The van der Waals surface area contributed by atoms with Crippen molar-refractivity contribution >= 4 is 22.7 Å². The minimum atomic E-state index is 0.924. The number of pyridine rings is 2. The largest absolute Gasteiger partial charge is 0.311 e. The summed E-state index contributed by atoms with van der Waals surface area (Å²) in [6.07, 6.45) is 2.09. The van der Waals surface area contributed by atoms with Crippen LogP contribution in [0.15, 0.2) is 231 Å². The Balaban J connectivity index is 0.958. The van der Waals surface area contributed by atoms with Gasteiger partial charge in [-0.25, -0.2) is 9.97 Å². The van der Waals surface area contributed by atoms with Crippen LogP contribution in [0.25, 0.3) is 72.9 Å². The second-order valence-corrected chi connectivity index (χ2v) is 14.3. The number of aromatic nitrogens is 3. The lowest BCUT2D eigenvalue weighted by atomic mass is 9.97. The third kappa shape index (κ3) is 6.84. The van der Waals surface area contributed by atoms with Crippen molar-refractivity contribution in [1.82, 2.24) is 14.4 Å². The lowest BCUT2D eigenvalue weighted by Gasteiger charge is -2.26. The van der Waals surface area contributed by atoms with Crippen molar-refractivity contribution in [3.63, 3.8) is 0 Å². The highest BCUT2D eigenvalue weighted by molar-refractivity contribution is 5.85. The van der Waals surface area contributed by atoms with E-state index in [-0.39, 0.29) is 0 Å². The molecule has 0 saturated carbocycles. The third-order valence-electron chi connectivity index (χ3n) is 10.6. The number of fused-ring (bicyclic) bond motifs is 1. The molecule has 0 atom stereocenters. The van der Waals surface area contributed by atoms with Crippen molar-refractivity contribution in [2.45, 2.75) is 0 Å². The van der Waals surface area contributed by atoms with Gasteiger partial charge in [0.25, 0.3) is 0 Å². The summed E-state index contributed by atoms with van der Waals surface area (Å²) in [5.41, 5.74) is 17.1. The van der Waals surface area contributed by atoms with Gasteiger partial charge in [-0.2, -0.15) is 0 Å². The van der Waals surface area contributed by atoms with Crippen LogP contribution >= 0.6 is 0 Å². The maximum Gasteiger partial charge on any atom is 0.137 e. The lowest BCUT2D eigenvalue weighted by molar-refractivity contribution is 1.19. The van der Waals surface area contributed by atoms with Gasteiger partial charge in [-0.3, -0.25) is 4.40 Å². The molecule has 0 unspecified atom stereocenters. The number of imidazole rings is 1. The molecule has 0 saturated heterocycles. The SMILES string of the molecule is c1ccc(-c2cc(-c3ccc(-c4ccc(N(c5ccccc5)c5ccc(-c6nc7ccccn7c6-c6ccccc6)cc5)cc4)cc3)cc(-c3ccccc3)n2)cc1. The van der Waals surface area contributed by atoms with Crippen LogP contribution < -0.4 is 4.90 Å². The van der Waals surface area contributed by atoms with Crippen LogP contribution in [0.5, 0.6) is 0 Å². The Bertz CT molecular complexity index is 2880. The molecule has 0 aliphatic rings. The van der Waals surface area contributed by atoms with E-state index in [1.807, 2.05) is 24.3 Å². The second kappa shape index (κ2) is 15.4. The first-order chi connectivity index (χ1) is 28.7. The predicted octanol–water partition coefficient (Wildman–Crippen LogP) is 14.2. The van der Waals surface area contributed by atoms with Crippen molar-refractivity contribution in [2.24, 2.45) is 0 Å². The Kier molecular flexibility index (Phi) is 9.18. The molecule has 4 heteroatoms. The van der Waals surface area contributed by atoms with E-state index in [4.69, 9.17) is 9.97 Å². The number of nitrogens with zero attached hydrogens (tertiary/aromatic N) is 4. The molecule has 3 aromatic heterocycles. The molecule has 3 heterocycles. The summed E-state index contributed by atoms with van der Waals surface area (Å²) in [5.74, 6) is 0. The molecule has 0 spiro atoms. The third-order valence-corrected chi connectivity index (χ3v) is 10.6. The van der Waals surface area contributed by atoms with E-state index in [2.05, 4.69) is 216 Å². The van der Waals surface area contributed by atoms with Crippen LogP contribution in [-0.2, 0) is 0 Å². The van der Waals surface area contributed by atoms with Crippen LogP contribution in [-0.4, -0.2) is 14.4 Å². The van der Waals surface area contributed by atoms with Gasteiger partial charge in [-0.05, 0) is 82.9 Å². The fraction of sp³-hybridized carbons (Fsp3) is 0. The lowest BCUT2D eigenvalue weighted by Crippen LogP contribution is -2.09. The van der Waals surface area contributed by atoms with Crippen molar-refractivity contribution in [2.75, 3.05) is 4.90 Å². The summed E-state index contributed by atoms with van der Waals surface area (Å²) < 4.78 is 2.17. The highest BCUT2D eigenvalue weighted by atomic mass is 15.1. The summed E-state index contributed by atoms with van der Waals surface area (Å²) >= 11 is 0. The molecule has 7 aromatic carbocycles. The minimum Gasteiger partial charge on any atom is -0.311 e. The first-order valence-electron chi connectivity index (χ1n) is 19.6. The molecule has 10 aromatic rings. The fourth-order valence-corrected chi connectivity index (χ4v) is 7.73. The molecular weight excluding hydrogens is 705 g/mol. The molecule has 274 valence electrons. The topological polar surface area (TPSA) is 33.4 Å². The van der Waals surface area contributed by atoms with Crippen LogP contribution in [0, 0.1) is 0 Å². The molecular formula is C54H38N4. The van der Waals surface area contributed by atoms with Gasteiger partial charge in [-0.15, -0.1) is 0 Å². The zero-order valence-electron chi connectivity index (χ0n) is 31.7. The Morgan fingerprint density at radius 1 is 0.310 bits per heavy atom. The highest BCUT2D eigenvalue weighted by Crippen LogP contribution is 2.39. The maximum atomic E-state index is 5.09. The van der Waals surface area contributed by atoms with Crippen LogP contribution in [0.3, 0.4) is 0 Å². The molecule has 0 aliphatic heterocycles. The van der Waals surface area contributed by atoms with Gasteiger partial charge in [0.1, 0.15) is 5.65 Å². The van der Waals surface area contributed by atoms with E-state index in [0.717, 1.165) is 90.0 Å². The normalized spacial score (nSPS) is 11.1. The highest BCUT2D eigenvalue weighted by Gasteiger charge is 2.18. The zero-order chi connectivity index (χ0) is 38.7. The molecule has 10 rings (SSSR count). The monoisotopic (exact) mass is 742 g/mol. The molecule has 0 fully saturated rings. The first-order valence-corrected chi connectivity index (χ1v) is 19.6. The number of benzene rings is 7. The van der Waals surface area contributed by atoms with E-state index in [9.17, 15) is 0 Å². The predicted molar refractivity (Wildman–Crippen MR) is 240 cm³/mol. The second-order valence-electron chi connectivity index (χ2n) is 14.3. The van der Waals surface area contributed by atoms with E-state index < -0.39 is 0 Å². The fourth-order valence-electron chi connectivity index (χ4n) is 7.73. The summed E-state index contributed by atoms with van der Waals surface area (Å²) in [4.78, 5) is 12.5. The van der Waals surface area contributed by atoms with E-state index in [1.54, 1.807) is 0 Å². The van der Waals surface area contributed by atoms with Crippen molar-refractivity contribution in [3.05, 3.63) is 231 Å². The minimum absolute atomic E-state index is 0.924. The molecule has 0 bridgehead atoms. The summed E-state index contributed by atoms with van der Waals surface area (Å²) in [7, 11) is 0. The molecule has 0 amide bonds. The first kappa shape index (κ1) is 34.7. The number of hydrogen-bond acceptors (Lipinski definition) is 3. The van der Waals surface area contributed by atoms with Gasteiger partial charge in [0.15, 0.2) is 0 Å². The van der Waals surface area contributed by atoms with Gasteiger partial charge in [-0.1, -0.05) is 164 Å². The van der Waals surface area contributed by atoms with Crippen LogP contribution in [0.4, 0.5) is 17.1 Å². The van der Waals surface area contributed by atoms with Gasteiger partial charge < -0.3 is 4.90 Å². The average molecular weight is 743 g/mol. The Labute approximate surface area is 338 Å². The molecule has 0 aliphatic carbocycles. The van der Waals surface area contributed by atoms with Gasteiger partial charge in [0.05, 0.1) is 22.8 Å². The van der Waals surface area contributed by atoms with Gasteiger partial charge >= 0.3 is 0 Å². The molecule has 58 heavy (non-hydrogen) atoms. The standard InChI is InChI=1S/C54H38N4/c1-5-15-42(16-6-1)50-37-46(38-51(55-50)43-17-7-2-8-18-43)41-26-24-39(25-27-41)40-28-32-48(33-29-40)58(47-21-11-4-12-22-47)49-34-30-44(31-35-49)53-54(45-19-9-3-10-20-45)57-36-14-13-23-52(57)56-53/h1-38H. The number of hydrogen-bond donors (Lipinski definition) is 0. The number of anilines is 3. The Morgan fingerprint density at radius 2 is 0.724 bits per heavy atom. The van der Waals surface area contributed by atoms with Gasteiger partial charge in [0, 0.05) is 45.5 Å². The molecule has 0 N–H and O–H groups in total. The number of para-hydroxylation sites is 1. The molecule has 4 nitrogen and oxygen atoms in total.